The number of phenols is 3. The van der Waals surface area contributed by atoms with Gasteiger partial charge in [0, 0.05) is 29.3 Å². The predicted molar refractivity (Wildman–Crippen MR) is 160 cm³/mol. The predicted octanol–water partition coefficient (Wildman–Crippen LogP) is 5.20. The van der Waals surface area contributed by atoms with Crippen molar-refractivity contribution in [2.45, 2.75) is 18.2 Å². The summed E-state index contributed by atoms with van der Waals surface area (Å²) in [4.78, 5) is 30.9. The molecule has 1 fully saturated rings. The molecule has 3 heterocycles. The second kappa shape index (κ2) is 11.0. The molecule has 5 aromatic rings. The number of carbonyl (C=O) groups excluding carboxylic acids is 1. The Bertz CT molecular complexity index is 2050. The Hall–Kier alpha value is -5.94. The first-order chi connectivity index (χ1) is 21.8. The van der Waals surface area contributed by atoms with Crippen LogP contribution in [0.25, 0.3) is 22.3 Å². The highest BCUT2D eigenvalue weighted by Crippen LogP contribution is 2.44. The van der Waals surface area contributed by atoms with Crippen LogP contribution >= 0.6 is 0 Å². The SMILES string of the molecule is COc1cc(C2Oc3cc(-c4cc(=O)c5c(O)cc(O)cc5o4)ccc3OC2/C=C2/C(=O)ONC2c2ccccc2)ccc1O. The summed E-state index contributed by atoms with van der Waals surface area (Å²) in [5.74, 6) is -0.215. The van der Waals surface area contributed by atoms with Crippen LogP contribution in [0, 0.1) is 0 Å². The molecular formula is C34H25NO10. The molecule has 226 valence electrons. The Balaban J connectivity index is 1.31. The smallest absolute Gasteiger partial charge is 0.354 e. The van der Waals surface area contributed by atoms with Gasteiger partial charge in [0.25, 0.3) is 0 Å². The minimum atomic E-state index is -0.823. The number of phenolic OH excluding ortho intramolecular Hbond substituents is 3. The molecule has 4 N–H and O–H groups in total. The van der Waals surface area contributed by atoms with Crippen LogP contribution < -0.4 is 25.1 Å². The van der Waals surface area contributed by atoms with Gasteiger partial charge in [-0.1, -0.05) is 36.4 Å². The van der Waals surface area contributed by atoms with Crippen molar-refractivity contribution < 1.29 is 43.6 Å². The summed E-state index contributed by atoms with van der Waals surface area (Å²) in [5, 5.41) is 30.2. The van der Waals surface area contributed by atoms with Gasteiger partial charge >= 0.3 is 5.97 Å². The van der Waals surface area contributed by atoms with Crippen molar-refractivity contribution in [3.05, 3.63) is 118 Å². The van der Waals surface area contributed by atoms with Gasteiger partial charge in [-0.3, -0.25) is 4.79 Å². The fraction of sp³-hybridized carbons (Fsp3) is 0.118. The van der Waals surface area contributed by atoms with Gasteiger partial charge in [-0.15, -0.1) is 5.48 Å². The van der Waals surface area contributed by atoms with Gasteiger partial charge in [-0.05, 0) is 42.0 Å². The molecule has 0 bridgehead atoms. The number of hydrogen-bond donors (Lipinski definition) is 4. The van der Waals surface area contributed by atoms with Crippen LogP contribution in [0.2, 0.25) is 0 Å². The largest absolute Gasteiger partial charge is 0.508 e. The lowest BCUT2D eigenvalue weighted by Gasteiger charge is -2.33. The molecule has 11 heteroatoms. The van der Waals surface area contributed by atoms with E-state index >= 15 is 0 Å². The maximum Gasteiger partial charge on any atom is 0.354 e. The summed E-state index contributed by atoms with van der Waals surface area (Å²) in [6.45, 7) is 0. The first kappa shape index (κ1) is 27.9. The number of benzene rings is 4. The van der Waals surface area contributed by atoms with Gasteiger partial charge < -0.3 is 38.8 Å². The third kappa shape index (κ3) is 5.04. The molecule has 2 aliphatic heterocycles. The van der Waals surface area contributed by atoms with E-state index in [1.165, 1.54) is 25.3 Å². The van der Waals surface area contributed by atoms with Crippen molar-refractivity contribution in [1.29, 1.82) is 0 Å². The third-order valence-corrected chi connectivity index (χ3v) is 7.66. The topological polar surface area (TPSA) is 157 Å². The van der Waals surface area contributed by atoms with Gasteiger partial charge in [0.1, 0.15) is 28.2 Å². The average Bonchev–Trinajstić information content (AvgIpc) is 3.40. The molecule has 45 heavy (non-hydrogen) atoms. The minimum Gasteiger partial charge on any atom is -0.508 e. The van der Waals surface area contributed by atoms with E-state index in [0.717, 1.165) is 11.6 Å². The maximum atomic E-state index is 12.9. The van der Waals surface area contributed by atoms with E-state index in [1.54, 1.807) is 36.4 Å². The van der Waals surface area contributed by atoms with Gasteiger partial charge in [-0.25, -0.2) is 4.79 Å². The van der Waals surface area contributed by atoms with Crippen LogP contribution in [0.1, 0.15) is 23.3 Å². The minimum absolute atomic E-state index is 0.00988. The van der Waals surface area contributed by atoms with Crippen molar-refractivity contribution in [2.75, 3.05) is 7.11 Å². The number of carbonyl (C=O) groups is 1. The van der Waals surface area contributed by atoms with E-state index < -0.39 is 35.4 Å². The summed E-state index contributed by atoms with van der Waals surface area (Å²) in [7, 11) is 1.43. The highest BCUT2D eigenvalue weighted by Gasteiger charge is 2.38. The molecule has 1 saturated heterocycles. The number of methoxy groups -OCH3 is 1. The molecule has 2 aliphatic rings. The Kier molecular flexibility index (Phi) is 6.79. The Morgan fingerprint density at radius 2 is 1.64 bits per heavy atom. The van der Waals surface area contributed by atoms with Gasteiger partial charge in [-0.2, -0.15) is 0 Å². The summed E-state index contributed by atoms with van der Waals surface area (Å²) < 4.78 is 24.1. The lowest BCUT2D eigenvalue weighted by Crippen LogP contribution is -2.32. The highest BCUT2D eigenvalue weighted by molar-refractivity contribution is 5.92. The first-order valence-corrected chi connectivity index (χ1v) is 13.9. The van der Waals surface area contributed by atoms with E-state index in [-0.39, 0.29) is 34.0 Å². The Morgan fingerprint density at radius 3 is 2.44 bits per heavy atom. The highest BCUT2D eigenvalue weighted by atomic mass is 16.7. The van der Waals surface area contributed by atoms with E-state index in [1.807, 2.05) is 30.3 Å². The van der Waals surface area contributed by atoms with E-state index in [9.17, 15) is 24.9 Å². The number of rotatable bonds is 5. The number of fused-ring (bicyclic) bond motifs is 2. The Morgan fingerprint density at radius 1 is 0.822 bits per heavy atom. The number of hydroxylamine groups is 1. The van der Waals surface area contributed by atoms with Crippen molar-refractivity contribution >= 4 is 16.9 Å². The van der Waals surface area contributed by atoms with Gasteiger partial charge in [0.05, 0.1) is 18.7 Å². The van der Waals surface area contributed by atoms with Crippen molar-refractivity contribution in [3.63, 3.8) is 0 Å². The summed E-state index contributed by atoms with van der Waals surface area (Å²) >= 11 is 0. The van der Waals surface area contributed by atoms with E-state index in [4.69, 9.17) is 23.5 Å². The first-order valence-electron chi connectivity index (χ1n) is 13.9. The molecule has 1 aromatic heterocycles. The maximum absolute atomic E-state index is 12.9. The van der Waals surface area contributed by atoms with Crippen LogP contribution in [0.3, 0.4) is 0 Å². The number of hydrogen-bond acceptors (Lipinski definition) is 11. The molecule has 0 aliphatic carbocycles. The number of nitrogens with one attached hydrogen (secondary N) is 1. The van der Waals surface area contributed by atoms with Crippen LogP contribution in [0.15, 0.2) is 106 Å². The zero-order chi connectivity index (χ0) is 31.2. The molecule has 7 rings (SSSR count). The quantitative estimate of drug-likeness (QED) is 0.195. The zero-order valence-electron chi connectivity index (χ0n) is 23.6. The lowest BCUT2D eigenvalue weighted by molar-refractivity contribution is -0.140. The molecule has 0 saturated carbocycles. The van der Waals surface area contributed by atoms with Crippen LogP contribution in [0.5, 0.6) is 34.5 Å². The number of aromatic hydroxyl groups is 3. The second-order valence-corrected chi connectivity index (χ2v) is 10.5. The molecule has 3 unspecified atom stereocenters. The summed E-state index contributed by atoms with van der Waals surface area (Å²) in [5.41, 5.74) is 4.49. The Labute approximate surface area is 255 Å². The monoisotopic (exact) mass is 607 g/mol. The molecule has 0 amide bonds. The van der Waals surface area contributed by atoms with E-state index in [2.05, 4.69) is 5.48 Å². The second-order valence-electron chi connectivity index (χ2n) is 10.5. The molecular weight excluding hydrogens is 582 g/mol. The van der Waals surface area contributed by atoms with E-state index in [0.29, 0.717) is 28.2 Å². The summed E-state index contributed by atoms with van der Waals surface area (Å²) in [6.07, 6.45) is 0.00947. The standard InChI is InChI=1S/C34H25NO10/c1-41-27-12-19(7-9-22(27)37)33-30(15-21-32(35-45-34(21)40)17-5-3-2-4-6-17)42-25-10-8-18(11-28(25)44-33)26-16-24(39)31-23(38)13-20(36)14-29(31)43-26/h2-16,30,32-33,35-38H,1H3/b21-15+. The molecule has 3 atom stereocenters. The molecule has 0 radical (unpaired) electrons. The average molecular weight is 608 g/mol. The van der Waals surface area contributed by atoms with Crippen molar-refractivity contribution in [1.82, 2.24) is 5.48 Å². The summed E-state index contributed by atoms with van der Waals surface area (Å²) in [6, 6.07) is 22.0. The lowest BCUT2D eigenvalue weighted by atomic mass is 9.95. The third-order valence-electron chi connectivity index (χ3n) is 7.66. The van der Waals surface area contributed by atoms with Crippen LogP contribution in [-0.2, 0) is 9.63 Å². The van der Waals surface area contributed by atoms with Crippen molar-refractivity contribution in [3.8, 4) is 45.8 Å². The number of ether oxygens (including phenoxy) is 3. The zero-order valence-corrected chi connectivity index (χ0v) is 23.6. The fourth-order valence-corrected chi connectivity index (χ4v) is 5.50. The fourth-order valence-electron chi connectivity index (χ4n) is 5.50. The molecule has 11 nitrogen and oxygen atoms in total. The van der Waals surface area contributed by atoms with Crippen molar-refractivity contribution in [2.24, 2.45) is 0 Å². The molecule has 0 spiro atoms. The van der Waals surface area contributed by atoms with Crippen LogP contribution in [-0.4, -0.2) is 34.5 Å². The molecule has 4 aromatic carbocycles. The van der Waals surface area contributed by atoms with Crippen LogP contribution in [0.4, 0.5) is 0 Å². The van der Waals surface area contributed by atoms with Gasteiger partial charge in [0.15, 0.2) is 40.6 Å². The normalized spacial score (nSPS) is 19.9. The van der Waals surface area contributed by atoms with Gasteiger partial charge in [0.2, 0.25) is 0 Å².